The maximum Gasteiger partial charge on any atom is 0.0830 e. The highest BCUT2D eigenvalue weighted by molar-refractivity contribution is 9.10. The monoisotopic (exact) mass is 327 g/mol. The average Bonchev–Trinajstić information content (AvgIpc) is 2.47. The highest BCUT2D eigenvalue weighted by Gasteiger charge is 2.09. The first-order valence-corrected chi connectivity index (χ1v) is 7.28. The van der Waals surface area contributed by atoms with Gasteiger partial charge in [0.1, 0.15) is 0 Å². The van der Waals surface area contributed by atoms with Crippen LogP contribution in [0.2, 0.25) is 0 Å². The normalized spacial score (nSPS) is 12.5. The topological polar surface area (TPSA) is 33.1 Å². The van der Waals surface area contributed by atoms with Gasteiger partial charge in [-0.1, -0.05) is 34.1 Å². The summed E-state index contributed by atoms with van der Waals surface area (Å²) in [6.45, 7) is 0. The first kappa shape index (κ1) is 13.3. The third-order valence-electron chi connectivity index (χ3n) is 3.39. The quantitative estimate of drug-likeness (QED) is 0.779. The molecule has 0 saturated carbocycles. The van der Waals surface area contributed by atoms with Crippen LogP contribution in [-0.2, 0) is 6.42 Å². The van der Waals surface area contributed by atoms with E-state index >= 15 is 0 Å². The highest BCUT2D eigenvalue weighted by atomic mass is 79.9. The van der Waals surface area contributed by atoms with E-state index < -0.39 is 6.10 Å². The van der Waals surface area contributed by atoms with Crippen molar-refractivity contribution < 1.29 is 5.11 Å². The van der Waals surface area contributed by atoms with E-state index in [0.717, 1.165) is 21.0 Å². The molecule has 0 fully saturated rings. The first-order chi connectivity index (χ1) is 9.72. The largest absolute Gasteiger partial charge is 0.388 e. The van der Waals surface area contributed by atoms with Crippen molar-refractivity contribution in [2.45, 2.75) is 12.5 Å². The lowest BCUT2D eigenvalue weighted by Gasteiger charge is -2.12. The van der Waals surface area contributed by atoms with Crippen LogP contribution in [0.1, 0.15) is 17.2 Å². The van der Waals surface area contributed by atoms with Crippen molar-refractivity contribution in [3.63, 3.8) is 0 Å². The van der Waals surface area contributed by atoms with Crippen LogP contribution < -0.4 is 0 Å². The summed E-state index contributed by atoms with van der Waals surface area (Å²) >= 11 is 3.47. The molecule has 2 nitrogen and oxygen atoms in total. The summed E-state index contributed by atoms with van der Waals surface area (Å²) in [5, 5.41) is 12.7. The Labute approximate surface area is 126 Å². The second kappa shape index (κ2) is 5.73. The van der Waals surface area contributed by atoms with Gasteiger partial charge in [0.15, 0.2) is 0 Å². The molecule has 1 unspecified atom stereocenters. The summed E-state index contributed by atoms with van der Waals surface area (Å²) in [5.74, 6) is 0. The summed E-state index contributed by atoms with van der Waals surface area (Å²) in [6, 6.07) is 16.1. The predicted molar refractivity (Wildman–Crippen MR) is 84.5 cm³/mol. The summed E-state index contributed by atoms with van der Waals surface area (Å²) in [7, 11) is 0. The van der Waals surface area contributed by atoms with Crippen molar-refractivity contribution in [3.8, 4) is 0 Å². The van der Waals surface area contributed by atoms with Crippen LogP contribution in [0, 0.1) is 0 Å². The number of hydrogen-bond acceptors (Lipinski definition) is 2. The molecule has 0 spiro atoms. The molecule has 0 aliphatic rings. The van der Waals surface area contributed by atoms with Gasteiger partial charge in [0.25, 0.3) is 0 Å². The number of nitrogens with zero attached hydrogens (tertiary/aromatic N) is 1. The molecule has 0 bridgehead atoms. The van der Waals surface area contributed by atoms with Gasteiger partial charge in [-0.05, 0) is 52.2 Å². The average molecular weight is 328 g/mol. The maximum absolute atomic E-state index is 10.4. The van der Waals surface area contributed by atoms with Crippen molar-refractivity contribution >= 4 is 26.7 Å². The Balaban J connectivity index is 1.88. The van der Waals surface area contributed by atoms with Crippen molar-refractivity contribution in [1.29, 1.82) is 0 Å². The summed E-state index contributed by atoms with van der Waals surface area (Å²) < 4.78 is 1.06. The van der Waals surface area contributed by atoms with Crippen LogP contribution in [0.4, 0.5) is 0 Å². The van der Waals surface area contributed by atoms with Crippen molar-refractivity contribution in [2.75, 3.05) is 0 Å². The standard InChI is InChI=1S/C17H14BrNO/c18-16-4-3-13-10-15(2-1-14(13)11-16)17(20)9-12-5-7-19-8-6-12/h1-8,10-11,17,20H,9H2. The number of fused-ring (bicyclic) bond motifs is 1. The Morgan fingerprint density at radius 2 is 1.65 bits per heavy atom. The Bertz CT molecular complexity index is 727. The number of aliphatic hydroxyl groups excluding tert-OH is 1. The Morgan fingerprint density at radius 3 is 2.45 bits per heavy atom. The van der Waals surface area contributed by atoms with E-state index in [9.17, 15) is 5.11 Å². The van der Waals surface area contributed by atoms with Gasteiger partial charge in [-0.2, -0.15) is 0 Å². The molecule has 0 amide bonds. The van der Waals surface area contributed by atoms with Gasteiger partial charge in [0.05, 0.1) is 6.10 Å². The molecular formula is C17H14BrNO. The zero-order chi connectivity index (χ0) is 13.9. The second-order valence-electron chi connectivity index (χ2n) is 4.83. The molecule has 1 N–H and O–H groups in total. The van der Waals surface area contributed by atoms with E-state index in [2.05, 4.69) is 33.0 Å². The minimum Gasteiger partial charge on any atom is -0.388 e. The van der Waals surface area contributed by atoms with E-state index in [1.807, 2.05) is 36.4 Å². The van der Waals surface area contributed by atoms with E-state index in [4.69, 9.17) is 0 Å². The lowest BCUT2D eigenvalue weighted by atomic mass is 9.99. The van der Waals surface area contributed by atoms with Gasteiger partial charge >= 0.3 is 0 Å². The lowest BCUT2D eigenvalue weighted by Crippen LogP contribution is -2.01. The van der Waals surface area contributed by atoms with Gasteiger partial charge in [0, 0.05) is 23.3 Å². The first-order valence-electron chi connectivity index (χ1n) is 6.48. The molecule has 3 aromatic rings. The van der Waals surface area contributed by atoms with E-state index in [0.29, 0.717) is 6.42 Å². The number of aliphatic hydroxyl groups is 1. The Hall–Kier alpha value is -1.71. The van der Waals surface area contributed by atoms with Gasteiger partial charge in [0.2, 0.25) is 0 Å². The van der Waals surface area contributed by atoms with Crippen LogP contribution >= 0.6 is 15.9 Å². The molecule has 20 heavy (non-hydrogen) atoms. The third-order valence-corrected chi connectivity index (χ3v) is 3.88. The molecule has 0 saturated heterocycles. The molecule has 1 heterocycles. The van der Waals surface area contributed by atoms with Crippen LogP contribution in [0.5, 0.6) is 0 Å². The predicted octanol–water partition coefficient (Wildman–Crippen LogP) is 4.27. The van der Waals surface area contributed by atoms with Crippen molar-refractivity contribution in [1.82, 2.24) is 4.98 Å². The number of hydrogen-bond donors (Lipinski definition) is 1. The fraction of sp³-hybridized carbons (Fsp3) is 0.118. The molecule has 3 rings (SSSR count). The second-order valence-corrected chi connectivity index (χ2v) is 5.74. The molecule has 0 aliphatic heterocycles. The molecule has 100 valence electrons. The Morgan fingerprint density at radius 1 is 0.950 bits per heavy atom. The zero-order valence-electron chi connectivity index (χ0n) is 10.8. The number of halogens is 1. The molecular weight excluding hydrogens is 314 g/mol. The van der Waals surface area contributed by atoms with Crippen molar-refractivity contribution in [3.05, 3.63) is 76.5 Å². The van der Waals surface area contributed by atoms with E-state index in [1.165, 1.54) is 5.39 Å². The molecule has 0 aliphatic carbocycles. The maximum atomic E-state index is 10.4. The minimum absolute atomic E-state index is 0.495. The SMILES string of the molecule is OC(Cc1ccncc1)c1ccc2cc(Br)ccc2c1. The van der Waals surface area contributed by atoms with Crippen LogP contribution in [0.15, 0.2) is 65.4 Å². The van der Waals surface area contributed by atoms with Gasteiger partial charge < -0.3 is 5.11 Å². The van der Waals surface area contributed by atoms with Crippen LogP contribution in [0.25, 0.3) is 10.8 Å². The number of benzene rings is 2. The van der Waals surface area contributed by atoms with Gasteiger partial charge in [-0.25, -0.2) is 0 Å². The molecule has 2 aromatic carbocycles. The smallest absolute Gasteiger partial charge is 0.0830 e. The van der Waals surface area contributed by atoms with Crippen LogP contribution in [-0.4, -0.2) is 10.1 Å². The lowest BCUT2D eigenvalue weighted by molar-refractivity contribution is 0.178. The summed E-state index contributed by atoms with van der Waals surface area (Å²) in [5.41, 5.74) is 2.03. The minimum atomic E-state index is -0.495. The van der Waals surface area contributed by atoms with Gasteiger partial charge in [-0.15, -0.1) is 0 Å². The van der Waals surface area contributed by atoms with E-state index in [-0.39, 0.29) is 0 Å². The number of aromatic nitrogens is 1. The number of pyridine rings is 1. The van der Waals surface area contributed by atoms with Crippen molar-refractivity contribution in [2.24, 2.45) is 0 Å². The van der Waals surface area contributed by atoms with Gasteiger partial charge in [-0.3, -0.25) is 4.98 Å². The van der Waals surface area contributed by atoms with E-state index in [1.54, 1.807) is 12.4 Å². The molecule has 0 radical (unpaired) electrons. The van der Waals surface area contributed by atoms with Crippen LogP contribution in [0.3, 0.4) is 0 Å². The molecule has 1 atom stereocenters. The summed E-state index contributed by atoms with van der Waals surface area (Å²) in [4.78, 5) is 3.99. The highest BCUT2D eigenvalue weighted by Crippen LogP contribution is 2.25. The Kier molecular flexibility index (Phi) is 3.81. The number of rotatable bonds is 3. The fourth-order valence-corrected chi connectivity index (χ4v) is 2.68. The fourth-order valence-electron chi connectivity index (χ4n) is 2.30. The molecule has 3 heteroatoms. The molecule has 1 aromatic heterocycles. The third kappa shape index (κ3) is 2.89. The summed E-state index contributed by atoms with van der Waals surface area (Å²) in [6.07, 6.45) is 3.61. The zero-order valence-corrected chi connectivity index (χ0v) is 12.4.